The van der Waals surface area contributed by atoms with Gasteiger partial charge in [-0.25, -0.2) is 0 Å². The summed E-state index contributed by atoms with van der Waals surface area (Å²) < 4.78 is 0. The van der Waals surface area contributed by atoms with Crippen LogP contribution in [0.3, 0.4) is 0 Å². The Morgan fingerprint density at radius 3 is 2.65 bits per heavy atom. The minimum Gasteiger partial charge on any atom is -0.398 e. The summed E-state index contributed by atoms with van der Waals surface area (Å²) in [6.45, 7) is 6.24. The fourth-order valence-corrected chi connectivity index (χ4v) is 1.83. The van der Waals surface area contributed by atoms with E-state index < -0.39 is 0 Å². The van der Waals surface area contributed by atoms with Gasteiger partial charge in [0.2, 0.25) is 5.91 Å². The van der Waals surface area contributed by atoms with Crippen LogP contribution in [0.4, 0.5) is 11.5 Å². The van der Waals surface area contributed by atoms with Crippen LogP contribution < -0.4 is 11.1 Å². The first-order valence-corrected chi connectivity index (χ1v) is 6.55. The van der Waals surface area contributed by atoms with E-state index in [-0.39, 0.29) is 17.7 Å². The fourth-order valence-electron chi connectivity index (χ4n) is 1.83. The summed E-state index contributed by atoms with van der Waals surface area (Å²) in [7, 11) is 0. The van der Waals surface area contributed by atoms with E-state index in [1.165, 1.54) is 0 Å². The Morgan fingerprint density at radius 2 is 2.05 bits per heavy atom. The van der Waals surface area contributed by atoms with Gasteiger partial charge < -0.3 is 11.1 Å². The van der Waals surface area contributed by atoms with E-state index in [2.05, 4.69) is 36.3 Å². The number of nitrogen functional groups attached to an aromatic ring is 1. The number of H-pyrrole nitrogens is 1. The summed E-state index contributed by atoms with van der Waals surface area (Å²) in [5.74, 6) is 0.407. The topological polar surface area (TPSA) is 83.8 Å². The third-order valence-corrected chi connectivity index (χ3v) is 3.06. The number of rotatable bonds is 3. The summed E-state index contributed by atoms with van der Waals surface area (Å²) in [6.07, 6.45) is 0.240. The van der Waals surface area contributed by atoms with Gasteiger partial charge >= 0.3 is 0 Å². The van der Waals surface area contributed by atoms with E-state index in [4.69, 9.17) is 5.73 Å². The molecule has 1 heterocycles. The monoisotopic (exact) mass is 272 g/mol. The number of hydrogen-bond acceptors (Lipinski definition) is 3. The molecular formula is C15H20N4O. The van der Waals surface area contributed by atoms with Gasteiger partial charge in [0.25, 0.3) is 0 Å². The summed E-state index contributed by atoms with van der Waals surface area (Å²) in [6, 6.07) is 9.20. The summed E-state index contributed by atoms with van der Waals surface area (Å²) >= 11 is 0. The molecular weight excluding hydrogens is 252 g/mol. The molecule has 0 aliphatic carbocycles. The van der Waals surface area contributed by atoms with Crippen molar-refractivity contribution >= 4 is 17.4 Å². The molecule has 2 rings (SSSR count). The molecule has 4 N–H and O–H groups in total. The van der Waals surface area contributed by atoms with Crippen LogP contribution in [-0.4, -0.2) is 16.1 Å². The highest BCUT2D eigenvalue weighted by Crippen LogP contribution is 2.22. The molecule has 106 valence electrons. The number of anilines is 2. The molecule has 1 aromatic heterocycles. The van der Waals surface area contributed by atoms with Crippen LogP contribution in [0.1, 0.15) is 32.0 Å². The molecule has 0 fully saturated rings. The Labute approximate surface area is 118 Å². The molecule has 0 aliphatic rings. The number of aromatic nitrogens is 2. The largest absolute Gasteiger partial charge is 0.398 e. The standard InChI is InChI=1S/C15H20N4O/c1-15(2,3)12-9-13(19-18-12)17-14(20)8-10-6-4-5-7-11(10)16/h4-7,9H,8,16H2,1-3H3,(H2,17,18,19,20). The van der Waals surface area contributed by atoms with Gasteiger partial charge in [0.05, 0.1) is 6.42 Å². The minimum absolute atomic E-state index is 0.0279. The molecule has 0 atom stereocenters. The maximum Gasteiger partial charge on any atom is 0.230 e. The van der Waals surface area contributed by atoms with Gasteiger partial charge in [-0.1, -0.05) is 39.0 Å². The number of nitrogens with one attached hydrogen (secondary N) is 2. The lowest BCUT2D eigenvalue weighted by atomic mass is 9.92. The van der Waals surface area contributed by atoms with E-state index >= 15 is 0 Å². The molecule has 0 saturated heterocycles. The van der Waals surface area contributed by atoms with Gasteiger partial charge in [-0.15, -0.1) is 0 Å². The zero-order valence-corrected chi connectivity index (χ0v) is 12.0. The van der Waals surface area contributed by atoms with Crippen molar-refractivity contribution in [3.05, 3.63) is 41.6 Å². The average molecular weight is 272 g/mol. The Morgan fingerprint density at radius 1 is 1.35 bits per heavy atom. The predicted octanol–water partition coefficient (Wildman–Crippen LogP) is 2.47. The van der Waals surface area contributed by atoms with Crippen LogP contribution in [0, 0.1) is 0 Å². The van der Waals surface area contributed by atoms with Gasteiger partial charge in [0.15, 0.2) is 5.82 Å². The maximum absolute atomic E-state index is 12.0. The van der Waals surface area contributed by atoms with Gasteiger partial charge in [-0.2, -0.15) is 5.10 Å². The van der Waals surface area contributed by atoms with Crippen molar-refractivity contribution in [1.82, 2.24) is 10.2 Å². The lowest BCUT2D eigenvalue weighted by molar-refractivity contribution is -0.115. The number of nitrogens with zero attached hydrogens (tertiary/aromatic N) is 1. The van der Waals surface area contributed by atoms with Crippen molar-refractivity contribution in [3.8, 4) is 0 Å². The van der Waals surface area contributed by atoms with Crippen LogP contribution in [-0.2, 0) is 16.6 Å². The SMILES string of the molecule is CC(C)(C)c1cc(NC(=O)Cc2ccccc2N)n[nH]1. The molecule has 0 bridgehead atoms. The second kappa shape index (κ2) is 5.36. The molecule has 0 radical (unpaired) electrons. The normalized spacial score (nSPS) is 11.3. The van der Waals surface area contributed by atoms with E-state index in [0.29, 0.717) is 11.5 Å². The van der Waals surface area contributed by atoms with Crippen LogP contribution in [0.15, 0.2) is 30.3 Å². The van der Waals surface area contributed by atoms with Crippen molar-refractivity contribution in [2.24, 2.45) is 0 Å². The number of aromatic amines is 1. The molecule has 2 aromatic rings. The molecule has 5 heteroatoms. The summed E-state index contributed by atoms with van der Waals surface area (Å²) in [5.41, 5.74) is 8.21. The molecule has 5 nitrogen and oxygen atoms in total. The first-order chi connectivity index (χ1) is 9.36. The fraction of sp³-hybridized carbons (Fsp3) is 0.333. The summed E-state index contributed by atoms with van der Waals surface area (Å²) in [5, 5.41) is 9.81. The van der Waals surface area contributed by atoms with Crippen LogP contribution in [0.5, 0.6) is 0 Å². The summed E-state index contributed by atoms with van der Waals surface area (Å²) in [4.78, 5) is 12.0. The Bertz CT molecular complexity index is 610. The van der Waals surface area contributed by atoms with Crippen molar-refractivity contribution in [3.63, 3.8) is 0 Å². The van der Waals surface area contributed by atoms with E-state index in [0.717, 1.165) is 11.3 Å². The zero-order chi connectivity index (χ0) is 14.8. The van der Waals surface area contributed by atoms with Crippen LogP contribution in [0.2, 0.25) is 0 Å². The van der Waals surface area contributed by atoms with Crippen molar-refractivity contribution in [1.29, 1.82) is 0 Å². The molecule has 1 aromatic carbocycles. The Kier molecular flexibility index (Phi) is 3.79. The molecule has 0 saturated carbocycles. The first kappa shape index (κ1) is 14.1. The quantitative estimate of drug-likeness (QED) is 0.750. The third kappa shape index (κ3) is 3.38. The molecule has 0 unspecified atom stereocenters. The highest BCUT2D eigenvalue weighted by atomic mass is 16.1. The third-order valence-electron chi connectivity index (χ3n) is 3.06. The highest BCUT2D eigenvalue weighted by molar-refractivity contribution is 5.92. The van der Waals surface area contributed by atoms with Gasteiger partial charge in [-0.05, 0) is 11.6 Å². The highest BCUT2D eigenvalue weighted by Gasteiger charge is 2.17. The molecule has 0 aliphatic heterocycles. The zero-order valence-electron chi connectivity index (χ0n) is 12.0. The van der Waals surface area contributed by atoms with Gasteiger partial charge in [0, 0.05) is 22.9 Å². The maximum atomic E-state index is 12.0. The van der Waals surface area contributed by atoms with Crippen LogP contribution in [0.25, 0.3) is 0 Å². The number of benzene rings is 1. The van der Waals surface area contributed by atoms with Gasteiger partial charge in [0.1, 0.15) is 0 Å². The number of hydrogen-bond donors (Lipinski definition) is 3. The number of carbonyl (C=O) groups is 1. The van der Waals surface area contributed by atoms with Crippen molar-refractivity contribution in [2.75, 3.05) is 11.1 Å². The van der Waals surface area contributed by atoms with Crippen LogP contribution >= 0.6 is 0 Å². The van der Waals surface area contributed by atoms with E-state index in [1.54, 1.807) is 6.07 Å². The number of para-hydroxylation sites is 1. The number of nitrogens with two attached hydrogens (primary N) is 1. The lowest BCUT2D eigenvalue weighted by Crippen LogP contribution is -2.15. The van der Waals surface area contributed by atoms with Crippen molar-refractivity contribution < 1.29 is 4.79 Å². The number of carbonyl (C=O) groups excluding carboxylic acids is 1. The average Bonchev–Trinajstić information content (AvgIpc) is 2.80. The molecule has 0 spiro atoms. The van der Waals surface area contributed by atoms with Gasteiger partial charge in [-0.3, -0.25) is 9.89 Å². The molecule has 20 heavy (non-hydrogen) atoms. The second-order valence-electron chi connectivity index (χ2n) is 5.84. The first-order valence-electron chi connectivity index (χ1n) is 6.55. The van der Waals surface area contributed by atoms with Crippen molar-refractivity contribution in [2.45, 2.75) is 32.6 Å². The Hall–Kier alpha value is -2.30. The minimum atomic E-state index is -0.130. The second-order valence-corrected chi connectivity index (χ2v) is 5.84. The number of amides is 1. The smallest absolute Gasteiger partial charge is 0.230 e. The Balaban J connectivity index is 2.02. The van der Waals surface area contributed by atoms with E-state index in [9.17, 15) is 4.79 Å². The molecule has 1 amide bonds. The lowest BCUT2D eigenvalue weighted by Gasteiger charge is -2.14. The van der Waals surface area contributed by atoms with E-state index in [1.807, 2.05) is 24.3 Å². The predicted molar refractivity (Wildman–Crippen MR) is 80.5 cm³/mol.